The number of carbonyl (C=O) groups is 1. The number of hydrogen-bond donors (Lipinski definition) is 2. The van der Waals surface area contributed by atoms with Gasteiger partial charge in [0.2, 0.25) is 0 Å². The summed E-state index contributed by atoms with van der Waals surface area (Å²) in [5.74, 6) is 0.293. The number of aryl methyl sites for hydroxylation is 1. The minimum Gasteiger partial charge on any atom is -0.353 e. The summed E-state index contributed by atoms with van der Waals surface area (Å²) in [5, 5.41) is 5.96. The highest BCUT2D eigenvalue weighted by Gasteiger charge is 2.29. The lowest BCUT2D eigenvalue weighted by Gasteiger charge is -2.16. The second kappa shape index (κ2) is 7.16. The predicted octanol–water partition coefficient (Wildman–Crippen LogP) is 1.87. The molecule has 2 N–H and O–H groups in total. The quantitative estimate of drug-likeness (QED) is 0.715. The third-order valence-corrected chi connectivity index (χ3v) is 5.06. The minimum atomic E-state index is -0.505. The molecule has 1 aliphatic rings. The molecule has 1 amide bonds. The Kier molecular flexibility index (Phi) is 4.68. The fourth-order valence-corrected chi connectivity index (χ4v) is 3.57. The van der Waals surface area contributed by atoms with Crippen LogP contribution >= 0.6 is 0 Å². The largest absolute Gasteiger partial charge is 0.353 e. The SMILES string of the molecule is CN[C@H]1CN(c2cnc(C(=O)Nc3cc(F)c4nc(C)cn4c3)cn2)C[C@H]1C. The molecule has 0 radical (unpaired) electrons. The molecule has 4 heterocycles. The molecular formula is C19H22FN7O. The van der Waals surface area contributed by atoms with Crippen molar-refractivity contribution in [1.82, 2.24) is 24.7 Å². The molecule has 0 unspecified atom stereocenters. The van der Waals surface area contributed by atoms with E-state index >= 15 is 0 Å². The number of aromatic nitrogens is 4. The molecule has 0 aromatic carbocycles. The molecule has 0 spiro atoms. The van der Waals surface area contributed by atoms with E-state index in [1.165, 1.54) is 12.3 Å². The number of halogens is 1. The molecule has 28 heavy (non-hydrogen) atoms. The molecule has 3 aromatic rings. The third-order valence-electron chi connectivity index (χ3n) is 5.06. The Bertz CT molecular complexity index is 1020. The molecule has 2 atom stereocenters. The average Bonchev–Trinajstić information content (AvgIpc) is 3.24. The molecule has 3 aromatic heterocycles. The van der Waals surface area contributed by atoms with E-state index in [1.807, 2.05) is 7.05 Å². The van der Waals surface area contributed by atoms with Crippen molar-refractivity contribution in [3.05, 3.63) is 48.1 Å². The Morgan fingerprint density at radius 1 is 1.25 bits per heavy atom. The first kappa shape index (κ1) is 18.3. The van der Waals surface area contributed by atoms with Crippen LogP contribution in [0.3, 0.4) is 0 Å². The maximum absolute atomic E-state index is 14.2. The monoisotopic (exact) mass is 383 g/mol. The first-order chi connectivity index (χ1) is 13.4. The van der Waals surface area contributed by atoms with Crippen LogP contribution in [0.4, 0.5) is 15.9 Å². The van der Waals surface area contributed by atoms with Crippen LogP contribution in [0, 0.1) is 18.7 Å². The van der Waals surface area contributed by atoms with Crippen LogP contribution in [0.1, 0.15) is 23.1 Å². The summed E-state index contributed by atoms with van der Waals surface area (Å²) in [6, 6.07) is 1.65. The van der Waals surface area contributed by atoms with Gasteiger partial charge in [-0.25, -0.2) is 19.3 Å². The van der Waals surface area contributed by atoms with E-state index in [9.17, 15) is 9.18 Å². The number of hydrogen-bond acceptors (Lipinski definition) is 6. The first-order valence-corrected chi connectivity index (χ1v) is 9.15. The highest BCUT2D eigenvalue weighted by molar-refractivity contribution is 6.02. The van der Waals surface area contributed by atoms with Crippen molar-refractivity contribution in [1.29, 1.82) is 0 Å². The van der Waals surface area contributed by atoms with Crippen molar-refractivity contribution in [2.24, 2.45) is 5.92 Å². The van der Waals surface area contributed by atoms with Gasteiger partial charge in [-0.05, 0) is 19.9 Å². The summed E-state index contributed by atoms with van der Waals surface area (Å²) >= 11 is 0. The Balaban J connectivity index is 1.48. The number of nitrogens with zero attached hydrogens (tertiary/aromatic N) is 5. The number of amides is 1. The van der Waals surface area contributed by atoms with Gasteiger partial charge in [0.15, 0.2) is 11.5 Å². The molecule has 0 bridgehead atoms. The molecule has 4 rings (SSSR count). The lowest BCUT2D eigenvalue weighted by atomic mass is 10.1. The topological polar surface area (TPSA) is 87.5 Å². The number of imidazole rings is 1. The highest BCUT2D eigenvalue weighted by Crippen LogP contribution is 2.22. The van der Waals surface area contributed by atoms with E-state index in [-0.39, 0.29) is 11.3 Å². The molecule has 9 heteroatoms. The summed E-state index contributed by atoms with van der Waals surface area (Å²) in [4.78, 5) is 27.3. The summed E-state index contributed by atoms with van der Waals surface area (Å²) in [7, 11) is 1.95. The number of fused-ring (bicyclic) bond motifs is 1. The van der Waals surface area contributed by atoms with Crippen LogP contribution in [0.15, 0.2) is 30.9 Å². The zero-order valence-corrected chi connectivity index (χ0v) is 16.0. The van der Waals surface area contributed by atoms with Crippen LogP contribution in [0.5, 0.6) is 0 Å². The smallest absolute Gasteiger partial charge is 0.275 e. The van der Waals surface area contributed by atoms with Gasteiger partial charge in [0.05, 0.1) is 23.8 Å². The summed E-state index contributed by atoms with van der Waals surface area (Å²) in [6.45, 7) is 5.70. The van der Waals surface area contributed by atoms with Gasteiger partial charge in [0.25, 0.3) is 5.91 Å². The van der Waals surface area contributed by atoms with Crippen molar-refractivity contribution < 1.29 is 9.18 Å². The van der Waals surface area contributed by atoms with E-state index < -0.39 is 11.7 Å². The third kappa shape index (κ3) is 3.40. The number of anilines is 2. The van der Waals surface area contributed by atoms with Gasteiger partial charge in [-0.1, -0.05) is 6.92 Å². The van der Waals surface area contributed by atoms with E-state index in [0.29, 0.717) is 23.3 Å². The van der Waals surface area contributed by atoms with Crippen molar-refractivity contribution in [3.8, 4) is 0 Å². The van der Waals surface area contributed by atoms with Gasteiger partial charge < -0.3 is 19.9 Å². The number of likely N-dealkylation sites (N-methyl/N-ethyl adjacent to an activating group) is 1. The van der Waals surface area contributed by atoms with Gasteiger partial charge in [0.1, 0.15) is 11.5 Å². The zero-order chi connectivity index (χ0) is 19.8. The van der Waals surface area contributed by atoms with E-state index in [2.05, 4.69) is 37.4 Å². The number of carbonyl (C=O) groups excluding carboxylic acids is 1. The van der Waals surface area contributed by atoms with Crippen molar-refractivity contribution in [3.63, 3.8) is 0 Å². The summed E-state index contributed by atoms with van der Waals surface area (Å²) < 4.78 is 15.7. The fourth-order valence-electron chi connectivity index (χ4n) is 3.57. The molecule has 8 nitrogen and oxygen atoms in total. The van der Waals surface area contributed by atoms with Crippen LogP contribution in [-0.4, -0.2) is 51.4 Å². The summed E-state index contributed by atoms with van der Waals surface area (Å²) in [6.07, 6.45) is 6.35. The Hall–Kier alpha value is -3.07. The average molecular weight is 383 g/mol. The Labute approximate surface area is 161 Å². The Morgan fingerprint density at radius 3 is 2.75 bits per heavy atom. The normalized spacial score (nSPS) is 19.4. The molecule has 1 fully saturated rings. The maximum Gasteiger partial charge on any atom is 0.275 e. The zero-order valence-electron chi connectivity index (χ0n) is 16.0. The van der Waals surface area contributed by atoms with Crippen LogP contribution in [0.2, 0.25) is 0 Å². The molecule has 146 valence electrons. The highest BCUT2D eigenvalue weighted by atomic mass is 19.1. The molecule has 1 aliphatic heterocycles. The second-order valence-corrected chi connectivity index (χ2v) is 7.18. The van der Waals surface area contributed by atoms with Gasteiger partial charge in [-0.15, -0.1) is 0 Å². The Morgan fingerprint density at radius 2 is 2.07 bits per heavy atom. The lowest BCUT2D eigenvalue weighted by Crippen LogP contribution is -2.32. The lowest BCUT2D eigenvalue weighted by molar-refractivity contribution is 0.102. The second-order valence-electron chi connectivity index (χ2n) is 7.18. The number of pyridine rings is 1. The predicted molar refractivity (Wildman–Crippen MR) is 104 cm³/mol. The minimum absolute atomic E-state index is 0.170. The standard InChI is InChI=1S/C19H22FN7O/c1-11-7-26(10-16(11)21-3)17-6-22-15(5-23-17)19(28)25-13-4-14(20)18-24-12(2)8-27(18)9-13/h4-6,8-9,11,16,21H,7,10H2,1-3H3,(H,25,28)/t11-,16+/m1/s1. The van der Waals surface area contributed by atoms with E-state index in [4.69, 9.17) is 0 Å². The molecule has 0 aliphatic carbocycles. The van der Waals surface area contributed by atoms with Crippen molar-refractivity contribution >= 4 is 23.1 Å². The van der Waals surface area contributed by atoms with Gasteiger partial charge >= 0.3 is 0 Å². The van der Waals surface area contributed by atoms with Gasteiger partial charge in [0, 0.05) is 37.6 Å². The van der Waals surface area contributed by atoms with Crippen LogP contribution < -0.4 is 15.5 Å². The van der Waals surface area contributed by atoms with Gasteiger partial charge in [-0.3, -0.25) is 4.79 Å². The first-order valence-electron chi connectivity index (χ1n) is 9.15. The van der Waals surface area contributed by atoms with E-state index in [0.717, 1.165) is 18.9 Å². The fraction of sp³-hybridized carbons (Fsp3) is 0.368. The number of rotatable bonds is 4. The van der Waals surface area contributed by atoms with Crippen LogP contribution in [0.25, 0.3) is 5.65 Å². The maximum atomic E-state index is 14.2. The molecule has 1 saturated heterocycles. The van der Waals surface area contributed by atoms with Crippen molar-refractivity contribution in [2.45, 2.75) is 19.9 Å². The van der Waals surface area contributed by atoms with Crippen LogP contribution in [-0.2, 0) is 0 Å². The van der Waals surface area contributed by atoms with Gasteiger partial charge in [-0.2, -0.15) is 0 Å². The molecular weight excluding hydrogens is 361 g/mol. The van der Waals surface area contributed by atoms with Crippen molar-refractivity contribution in [2.75, 3.05) is 30.4 Å². The molecule has 0 saturated carbocycles. The summed E-state index contributed by atoms with van der Waals surface area (Å²) in [5.41, 5.74) is 1.41. The van der Waals surface area contributed by atoms with E-state index in [1.54, 1.807) is 29.9 Å². The number of nitrogens with one attached hydrogen (secondary N) is 2.